The molecule has 1 aromatic heterocycles. The van der Waals surface area contributed by atoms with Gasteiger partial charge in [-0.3, -0.25) is 0 Å². The monoisotopic (exact) mass is 261 g/mol. The summed E-state index contributed by atoms with van der Waals surface area (Å²) in [5.74, 6) is 0. The Bertz CT molecular complexity index is 252. The van der Waals surface area contributed by atoms with Gasteiger partial charge in [-0.25, -0.2) is 4.68 Å². The minimum Gasteiger partial charge on any atom is -0.380 e. The Labute approximate surface area is 92.8 Å². The first-order valence-corrected chi connectivity index (χ1v) is 6.01. The van der Waals surface area contributed by atoms with E-state index in [4.69, 9.17) is 4.74 Å². The van der Waals surface area contributed by atoms with E-state index < -0.39 is 0 Å². The zero-order chi connectivity index (χ0) is 10.2. The van der Waals surface area contributed by atoms with Crippen LogP contribution in [-0.4, -0.2) is 33.5 Å². The van der Waals surface area contributed by atoms with E-state index in [1.54, 1.807) is 0 Å². The van der Waals surface area contributed by atoms with Crippen molar-refractivity contribution in [1.82, 2.24) is 15.0 Å². The van der Waals surface area contributed by atoms with Gasteiger partial charge in [0.15, 0.2) is 0 Å². The van der Waals surface area contributed by atoms with Crippen molar-refractivity contribution in [3.05, 3.63) is 11.9 Å². The molecule has 5 heteroatoms. The lowest BCUT2D eigenvalue weighted by Crippen LogP contribution is -2.07. The van der Waals surface area contributed by atoms with Crippen molar-refractivity contribution in [3.8, 4) is 0 Å². The topological polar surface area (TPSA) is 39.9 Å². The van der Waals surface area contributed by atoms with Crippen LogP contribution in [0.2, 0.25) is 0 Å². The van der Waals surface area contributed by atoms with E-state index in [0.717, 1.165) is 37.0 Å². The molecule has 1 aromatic rings. The van der Waals surface area contributed by atoms with E-state index in [1.807, 2.05) is 10.9 Å². The van der Waals surface area contributed by atoms with Crippen LogP contribution in [0.25, 0.3) is 0 Å². The highest BCUT2D eigenvalue weighted by atomic mass is 79.9. The second-order valence-corrected chi connectivity index (χ2v) is 3.82. The summed E-state index contributed by atoms with van der Waals surface area (Å²) in [4.78, 5) is 0. The highest BCUT2D eigenvalue weighted by Gasteiger charge is 1.98. The van der Waals surface area contributed by atoms with Crippen LogP contribution in [-0.2, 0) is 17.7 Å². The number of alkyl halides is 1. The summed E-state index contributed by atoms with van der Waals surface area (Å²) in [6, 6.07) is 0. The Morgan fingerprint density at radius 1 is 1.50 bits per heavy atom. The first kappa shape index (κ1) is 11.7. The summed E-state index contributed by atoms with van der Waals surface area (Å²) in [5, 5.41) is 8.96. The number of aromatic nitrogens is 3. The normalized spacial score (nSPS) is 10.7. The Morgan fingerprint density at radius 2 is 2.36 bits per heavy atom. The molecule has 0 aromatic carbocycles. The number of hydrogen-bond donors (Lipinski definition) is 0. The molecular weight excluding hydrogens is 246 g/mol. The average molecular weight is 262 g/mol. The van der Waals surface area contributed by atoms with Gasteiger partial charge in [0.1, 0.15) is 0 Å². The number of ether oxygens (including phenoxy) is 1. The van der Waals surface area contributed by atoms with Crippen LogP contribution in [0.1, 0.15) is 19.0 Å². The van der Waals surface area contributed by atoms with Gasteiger partial charge in [0.2, 0.25) is 0 Å². The summed E-state index contributed by atoms with van der Waals surface area (Å²) in [6.45, 7) is 4.42. The molecule has 1 heterocycles. The molecule has 0 bridgehead atoms. The van der Waals surface area contributed by atoms with E-state index in [2.05, 4.69) is 33.2 Å². The zero-order valence-electron chi connectivity index (χ0n) is 8.45. The molecule has 0 N–H and O–H groups in total. The molecule has 1 rings (SSSR count). The molecule has 14 heavy (non-hydrogen) atoms. The highest BCUT2D eigenvalue weighted by molar-refractivity contribution is 9.09. The third kappa shape index (κ3) is 4.19. The van der Waals surface area contributed by atoms with Crippen molar-refractivity contribution >= 4 is 15.9 Å². The molecule has 0 fully saturated rings. The molecule has 0 amide bonds. The van der Waals surface area contributed by atoms with Gasteiger partial charge in [0.25, 0.3) is 0 Å². The Morgan fingerprint density at radius 3 is 3.07 bits per heavy atom. The molecule has 0 radical (unpaired) electrons. The van der Waals surface area contributed by atoms with E-state index in [-0.39, 0.29) is 0 Å². The molecular formula is C9H16BrN3O. The van der Waals surface area contributed by atoms with Crippen molar-refractivity contribution in [1.29, 1.82) is 0 Å². The third-order valence-corrected chi connectivity index (χ3v) is 2.15. The van der Waals surface area contributed by atoms with Gasteiger partial charge < -0.3 is 4.74 Å². The van der Waals surface area contributed by atoms with Gasteiger partial charge in [-0.15, -0.1) is 5.10 Å². The Balaban J connectivity index is 2.22. The highest BCUT2D eigenvalue weighted by Crippen LogP contribution is 1.97. The molecule has 0 spiro atoms. The van der Waals surface area contributed by atoms with Gasteiger partial charge in [-0.05, 0) is 6.42 Å². The van der Waals surface area contributed by atoms with E-state index >= 15 is 0 Å². The fourth-order valence-electron chi connectivity index (χ4n) is 1.06. The minimum absolute atomic E-state index is 0.713. The van der Waals surface area contributed by atoms with Crippen molar-refractivity contribution in [2.45, 2.75) is 26.3 Å². The van der Waals surface area contributed by atoms with E-state index in [1.165, 1.54) is 0 Å². The van der Waals surface area contributed by atoms with Crippen LogP contribution in [0, 0.1) is 0 Å². The van der Waals surface area contributed by atoms with E-state index in [0.29, 0.717) is 6.61 Å². The number of halogens is 1. The number of rotatable bonds is 7. The number of hydrogen-bond acceptors (Lipinski definition) is 3. The molecule has 0 saturated carbocycles. The second-order valence-electron chi connectivity index (χ2n) is 3.02. The van der Waals surface area contributed by atoms with Crippen LogP contribution >= 0.6 is 15.9 Å². The lowest BCUT2D eigenvalue weighted by molar-refractivity contribution is 0.124. The lowest BCUT2D eigenvalue weighted by atomic mass is 10.4. The maximum Gasteiger partial charge on any atom is 0.0835 e. The molecule has 0 aliphatic heterocycles. The summed E-state index contributed by atoms with van der Waals surface area (Å²) in [7, 11) is 0. The first-order chi connectivity index (χ1) is 6.86. The number of aryl methyl sites for hydroxylation is 1. The summed E-state index contributed by atoms with van der Waals surface area (Å²) >= 11 is 3.37. The maximum absolute atomic E-state index is 5.36. The van der Waals surface area contributed by atoms with Gasteiger partial charge >= 0.3 is 0 Å². The van der Waals surface area contributed by atoms with Gasteiger partial charge in [-0.1, -0.05) is 28.1 Å². The summed E-state index contributed by atoms with van der Waals surface area (Å²) < 4.78 is 7.19. The Hall–Kier alpha value is -0.420. The van der Waals surface area contributed by atoms with Crippen LogP contribution in [0.3, 0.4) is 0 Å². The van der Waals surface area contributed by atoms with Gasteiger partial charge in [0.05, 0.1) is 18.8 Å². The average Bonchev–Trinajstić information content (AvgIpc) is 2.61. The summed E-state index contributed by atoms with van der Waals surface area (Å²) in [6.07, 6.45) is 3.96. The second kappa shape index (κ2) is 6.95. The number of nitrogens with zero attached hydrogens (tertiary/aromatic N) is 3. The van der Waals surface area contributed by atoms with Crippen LogP contribution < -0.4 is 0 Å². The fraction of sp³-hybridized carbons (Fsp3) is 0.778. The van der Waals surface area contributed by atoms with Crippen molar-refractivity contribution in [2.24, 2.45) is 0 Å². The van der Waals surface area contributed by atoms with Crippen LogP contribution in [0.4, 0.5) is 0 Å². The zero-order valence-corrected chi connectivity index (χ0v) is 10.0. The molecule has 0 unspecified atom stereocenters. The van der Waals surface area contributed by atoms with Crippen molar-refractivity contribution < 1.29 is 4.74 Å². The summed E-state index contributed by atoms with van der Waals surface area (Å²) in [5.41, 5.74) is 1.03. The first-order valence-electron chi connectivity index (χ1n) is 4.89. The fourth-order valence-corrected chi connectivity index (χ4v) is 1.47. The smallest absolute Gasteiger partial charge is 0.0835 e. The molecule has 80 valence electrons. The predicted molar refractivity (Wildman–Crippen MR) is 58.6 cm³/mol. The van der Waals surface area contributed by atoms with Crippen LogP contribution in [0.5, 0.6) is 0 Å². The largest absolute Gasteiger partial charge is 0.380 e. The Kier molecular flexibility index (Phi) is 5.78. The molecule has 0 aliphatic rings. The molecule has 0 aliphatic carbocycles. The van der Waals surface area contributed by atoms with Crippen molar-refractivity contribution in [3.63, 3.8) is 0 Å². The maximum atomic E-state index is 5.36. The van der Waals surface area contributed by atoms with E-state index in [9.17, 15) is 0 Å². The quantitative estimate of drug-likeness (QED) is 0.554. The lowest BCUT2D eigenvalue weighted by Gasteiger charge is -2.00. The standard InChI is InChI=1S/C9H16BrN3O/c1-2-6-14-7-5-13-8-9(3-4-10)11-12-13/h8H,2-7H2,1H3. The molecule has 4 nitrogen and oxygen atoms in total. The van der Waals surface area contributed by atoms with Crippen LogP contribution in [0.15, 0.2) is 6.20 Å². The minimum atomic E-state index is 0.713. The molecule has 0 saturated heterocycles. The van der Waals surface area contributed by atoms with Crippen molar-refractivity contribution in [2.75, 3.05) is 18.5 Å². The van der Waals surface area contributed by atoms with Gasteiger partial charge in [-0.2, -0.15) is 0 Å². The predicted octanol–water partition coefficient (Wildman–Crippen LogP) is 1.64. The third-order valence-electron chi connectivity index (χ3n) is 1.75. The molecule has 0 atom stereocenters. The van der Waals surface area contributed by atoms with Gasteiger partial charge in [0, 0.05) is 24.6 Å². The SMILES string of the molecule is CCCOCCn1cc(CCBr)nn1.